The number of ether oxygens (including phenoxy) is 1. The quantitative estimate of drug-likeness (QED) is 0.498. The van der Waals surface area contributed by atoms with Crippen LogP contribution >= 0.6 is 45.8 Å². The Hall–Kier alpha value is -0.200. The molecule has 0 atom stereocenters. The fourth-order valence-corrected chi connectivity index (χ4v) is 2.21. The number of carbonyl (C=O) groups is 1. The number of hydrogen-bond acceptors (Lipinski definition) is 3. The van der Waals surface area contributed by atoms with E-state index >= 15 is 0 Å². The molecular formula is C10H10Cl2INO2. The van der Waals surface area contributed by atoms with Gasteiger partial charge in [-0.05, 0) is 41.6 Å². The van der Waals surface area contributed by atoms with E-state index in [0.29, 0.717) is 16.7 Å². The van der Waals surface area contributed by atoms with Crippen molar-refractivity contribution in [3.63, 3.8) is 0 Å². The highest BCUT2D eigenvalue weighted by molar-refractivity contribution is 14.1. The molecule has 6 heteroatoms. The lowest BCUT2D eigenvalue weighted by Crippen LogP contribution is -2.17. The van der Waals surface area contributed by atoms with E-state index in [9.17, 15) is 4.79 Å². The molecule has 1 rings (SSSR count). The summed E-state index contributed by atoms with van der Waals surface area (Å²) in [6.45, 7) is 2.25. The average Bonchev–Trinajstić information content (AvgIpc) is 2.22. The molecule has 0 aliphatic heterocycles. The van der Waals surface area contributed by atoms with Crippen LogP contribution in [0, 0.1) is 3.57 Å². The lowest BCUT2D eigenvalue weighted by molar-refractivity contribution is -0.140. The summed E-state index contributed by atoms with van der Waals surface area (Å²) in [5, 5.41) is 3.89. The molecule has 1 aromatic rings. The van der Waals surface area contributed by atoms with Crippen molar-refractivity contribution in [2.24, 2.45) is 0 Å². The molecule has 0 saturated heterocycles. The Morgan fingerprint density at radius 1 is 1.44 bits per heavy atom. The number of benzene rings is 1. The Labute approximate surface area is 118 Å². The first-order valence-electron chi connectivity index (χ1n) is 4.58. The van der Waals surface area contributed by atoms with E-state index in [4.69, 9.17) is 27.9 Å². The number of carbonyl (C=O) groups excluding carboxylic acids is 1. The Morgan fingerprint density at radius 2 is 2.06 bits per heavy atom. The second kappa shape index (κ2) is 6.51. The molecule has 3 nitrogen and oxygen atoms in total. The third kappa shape index (κ3) is 3.99. The zero-order valence-electron chi connectivity index (χ0n) is 8.52. The maximum Gasteiger partial charge on any atom is 0.325 e. The van der Waals surface area contributed by atoms with Gasteiger partial charge in [-0.15, -0.1) is 0 Å². The topological polar surface area (TPSA) is 38.3 Å². The van der Waals surface area contributed by atoms with Crippen molar-refractivity contribution in [3.05, 3.63) is 25.7 Å². The van der Waals surface area contributed by atoms with Crippen LogP contribution in [-0.4, -0.2) is 19.1 Å². The van der Waals surface area contributed by atoms with Crippen LogP contribution in [0.5, 0.6) is 0 Å². The molecule has 0 saturated carbocycles. The van der Waals surface area contributed by atoms with Crippen molar-refractivity contribution in [1.29, 1.82) is 0 Å². The number of rotatable bonds is 4. The smallest absolute Gasteiger partial charge is 0.325 e. The fraction of sp³-hybridized carbons (Fsp3) is 0.300. The summed E-state index contributed by atoms with van der Waals surface area (Å²) < 4.78 is 5.69. The molecular weight excluding hydrogens is 364 g/mol. The first-order chi connectivity index (χ1) is 7.54. The molecule has 16 heavy (non-hydrogen) atoms. The number of hydrogen-bond donors (Lipinski definition) is 1. The summed E-state index contributed by atoms with van der Waals surface area (Å²) in [5.74, 6) is -0.302. The molecule has 0 fully saturated rings. The Morgan fingerprint density at radius 3 is 2.69 bits per heavy atom. The number of halogens is 3. The molecule has 0 bridgehead atoms. The van der Waals surface area contributed by atoms with E-state index in [1.54, 1.807) is 19.1 Å². The molecule has 0 aliphatic carbocycles. The number of nitrogens with one attached hydrogen (secondary N) is 1. The van der Waals surface area contributed by atoms with Gasteiger partial charge in [-0.25, -0.2) is 0 Å². The van der Waals surface area contributed by atoms with Gasteiger partial charge in [0.1, 0.15) is 6.54 Å². The van der Waals surface area contributed by atoms with Crippen LogP contribution in [0.4, 0.5) is 5.69 Å². The summed E-state index contributed by atoms with van der Waals surface area (Å²) in [7, 11) is 0. The summed E-state index contributed by atoms with van der Waals surface area (Å²) in [4.78, 5) is 11.1. The molecule has 1 aromatic carbocycles. The van der Waals surface area contributed by atoms with Gasteiger partial charge in [0.25, 0.3) is 0 Å². The van der Waals surface area contributed by atoms with Crippen LogP contribution in [0.2, 0.25) is 10.0 Å². The lowest BCUT2D eigenvalue weighted by Gasteiger charge is -2.09. The summed E-state index contributed by atoms with van der Waals surface area (Å²) in [6, 6.07) is 3.42. The van der Waals surface area contributed by atoms with Gasteiger partial charge in [0.05, 0.1) is 16.7 Å². The van der Waals surface area contributed by atoms with Crippen molar-refractivity contribution in [2.75, 3.05) is 18.5 Å². The van der Waals surface area contributed by atoms with E-state index in [-0.39, 0.29) is 12.5 Å². The third-order valence-corrected chi connectivity index (χ3v) is 3.35. The van der Waals surface area contributed by atoms with Crippen LogP contribution < -0.4 is 5.32 Å². The van der Waals surface area contributed by atoms with Gasteiger partial charge in [-0.1, -0.05) is 23.2 Å². The highest BCUT2D eigenvalue weighted by Crippen LogP contribution is 2.29. The van der Waals surface area contributed by atoms with Crippen molar-refractivity contribution >= 4 is 57.4 Å². The van der Waals surface area contributed by atoms with Crippen molar-refractivity contribution < 1.29 is 9.53 Å². The molecule has 0 spiro atoms. The Kier molecular flexibility index (Phi) is 5.64. The van der Waals surface area contributed by atoms with Crippen molar-refractivity contribution in [2.45, 2.75) is 6.92 Å². The molecule has 0 aromatic heterocycles. The van der Waals surface area contributed by atoms with E-state index in [1.165, 1.54) is 0 Å². The largest absolute Gasteiger partial charge is 0.465 e. The molecule has 0 heterocycles. The SMILES string of the molecule is CCOC(=O)CNc1cc(Cl)c(Cl)cc1I. The lowest BCUT2D eigenvalue weighted by atomic mass is 10.3. The molecule has 0 amide bonds. The average molecular weight is 374 g/mol. The summed E-state index contributed by atoms with van der Waals surface area (Å²) >= 11 is 13.8. The maximum absolute atomic E-state index is 11.1. The minimum Gasteiger partial charge on any atom is -0.465 e. The van der Waals surface area contributed by atoms with Crippen molar-refractivity contribution in [3.8, 4) is 0 Å². The normalized spacial score (nSPS) is 10.0. The minimum atomic E-state index is -0.302. The van der Waals surface area contributed by atoms with Gasteiger partial charge >= 0.3 is 5.97 Å². The van der Waals surface area contributed by atoms with Crippen molar-refractivity contribution in [1.82, 2.24) is 0 Å². The fourth-order valence-electron chi connectivity index (χ4n) is 1.04. The molecule has 0 radical (unpaired) electrons. The highest BCUT2D eigenvalue weighted by atomic mass is 127. The van der Waals surface area contributed by atoms with Crippen LogP contribution in [0.3, 0.4) is 0 Å². The second-order valence-electron chi connectivity index (χ2n) is 2.90. The summed E-state index contributed by atoms with van der Waals surface area (Å²) in [6.07, 6.45) is 0. The van der Waals surface area contributed by atoms with Gasteiger partial charge in [0.2, 0.25) is 0 Å². The number of anilines is 1. The zero-order chi connectivity index (χ0) is 12.1. The van der Waals surface area contributed by atoms with E-state index < -0.39 is 0 Å². The van der Waals surface area contributed by atoms with Crippen LogP contribution in [-0.2, 0) is 9.53 Å². The van der Waals surface area contributed by atoms with Gasteiger partial charge in [-0.3, -0.25) is 4.79 Å². The van der Waals surface area contributed by atoms with Crippen LogP contribution in [0.1, 0.15) is 6.92 Å². The zero-order valence-corrected chi connectivity index (χ0v) is 12.2. The van der Waals surface area contributed by atoms with Crippen LogP contribution in [0.25, 0.3) is 0 Å². The monoisotopic (exact) mass is 373 g/mol. The Balaban J connectivity index is 2.67. The standard InChI is InChI=1S/C10H10Cl2INO2/c1-2-16-10(15)5-14-9-4-7(12)6(11)3-8(9)13/h3-4,14H,2,5H2,1H3. The first-order valence-corrected chi connectivity index (χ1v) is 6.42. The highest BCUT2D eigenvalue weighted by Gasteiger charge is 2.07. The predicted octanol–water partition coefficient (Wildman–Crippen LogP) is 3.57. The van der Waals surface area contributed by atoms with Crippen LogP contribution in [0.15, 0.2) is 12.1 Å². The van der Waals surface area contributed by atoms with Gasteiger partial charge in [0, 0.05) is 9.26 Å². The predicted molar refractivity (Wildman–Crippen MR) is 74.3 cm³/mol. The van der Waals surface area contributed by atoms with Gasteiger partial charge in [0.15, 0.2) is 0 Å². The maximum atomic E-state index is 11.1. The number of esters is 1. The van der Waals surface area contributed by atoms with Gasteiger partial charge in [-0.2, -0.15) is 0 Å². The minimum absolute atomic E-state index is 0.113. The second-order valence-corrected chi connectivity index (χ2v) is 4.88. The van der Waals surface area contributed by atoms with Gasteiger partial charge < -0.3 is 10.1 Å². The summed E-state index contributed by atoms with van der Waals surface area (Å²) in [5.41, 5.74) is 0.767. The molecule has 1 N–H and O–H groups in total. The van der Waals surface area contributed by atoms with E-state index in [0.717, 1.165) is 9.26 Å². The third-order valence-electron chi connectivity index (χ3n) is 1.74. The Bertz CT molecular complexity index is 399. The molecule has 0 unspecified atom stereocenters. The molecule has 88 valence electrons. The molecule has 0 aliphatic rings. The first kappa shape index (κ1) is 13.9. The van der Waals surface area contributed by atoms with E-state index in [2.05, 4.69) is 27.9 Å². The van der Waals surface area contributed by atoms with E-state index in [1.807, 2.05) is 0 Å².